The van der Waals surface area contributed by atoms with Crippen molar-refractivity contribution < 1.29 is 18.8 Å². The highest BCUT2D eigenvalue weighted by Crippen LogP contribution is 2.37. The van der Waals surface area contributed by atoms with Crippen LogP contribution in [0.5, 0.6) is 0 Å². The minimum absolute atomic E-state index is 0.0449. The molecule has 0 amide bonds. The van der Waals surface area contributed by atoms with Gasteiger partial charge in [-0.25, -0.2) is 0 Å². The molecule has 5 heteroatoms. The van der Waals surface area contributed by atoms with Crippen LogP contribution in [-0.4, -0.2) is 31.8 Å². The van der Waals surface area contributed by atoms with Crippen LogP contribution in [0.1, 0.15) is 87.0 Å². The number of hydrogen-bond donors (Lipinski definition) is 0. The van der Waals surface area contributed by atoms with E-state index in [4.69, 9.17) is 9.16 Å². The number of Topliss-reactive ketones (excluding diaryl/α,β-unsaturated/α-hetero) is 1. The van der Waals surface area contributed by atoms with Crippen LogP contribution >= 0.6 is 0 Å². The summed E-state index contributed by atoms with van der Waals surface area (Å²) in [6.07, 6.45) is 12.4. The van der Waals surface area contributed by atoms with Crippen LogP contribution < -0.4 is 0 Å². The third-order valence-electron chi connectivity index (χ3n) is 4.99. The number of ketones is 1. The lowest BCUT2D eigenvalue weighted by Gasteiger charge is -2.38. The highest BCUT2D eigenvalue weighted by Gasteiger charge is 2.39. The van der Waals surface area contributed by atoms with Crippen LogP contribution in [0.15, 0.2) is 24.3 Å². The Morgan fingerprint density at radius 3 is 2.14 bits per heavy atom. The first-order valence-electron chi connectivity index (χ1n) is 10.9. The first-order valence-corrected chi connectivity index (χ1v) is 13.8. The Morgan fingerprint density at radius 1 is 1.00 bits per heavy atom. The van der Waals surface area contributed by atoms with Crippen molar-refractivity contribution in [3.63, 3.8) is 0 Å². The molecule has 0 fully saturated rings. The first kappa shape index (κ1) is 27.8. The standard InChI is InChI=1S/C24H44O4Si/c1-10-11-12-13-14-15-16-17-21(28-29(8,9)24(5,6)7)18-20(25)19-22(26)27-23(2,3)4/h14-17,21H,10-13,18-19H2,1-9H3/b15-14+,17-16+. The molecule has 29 heavy (non-hydrogen) atoms. The zero-order valence-electron chi connectivity index (χ0n) is 20.3. The second-order valence-electron chi connectivity index (χ2n) is 10.2. The van der Waals surface area contributed by atoms with Crippen LogP contribution in [-0.2, 0) is 18.8 Å². The number of carbonyl (C=O) groups excluding carboxylic acids is 2. The Balaban J connectivity index is 5.04. The molecule has 0 rings (SSSR count). The number of ether oxygens (including phenoxy) is 1. The molecule has 0 aromatic heterocycles. The van der Waals surface area contributed by atoms with E-state index in [0.29, 0.717) is 0 Å². The van der Waals surface area contributed by atoms with E-state index in [9.17, 15) is 9.59 Å². The Bertz CT molecular complexity index is 562. The minimum Gasteiger partial charge on any atom is -0.460 e. The summed E-state index contributed by atoms with van der Waals surface area (Å²) in [6, 6.07) is 0. The molecule has 4 nitrogen and oxygen atoms in total. The van der Waals surface area contributed by atoms with Gasteiger partial charge < -0.3 is 9.16 Å². The fourth-order valence-electron chi connectivity index (χ4n) is 2.41. The molecule has 0 aromatic carbocycles. The minimum atomic E-state index is -2.04. The van der Waals surface area contributed by atoms with E-state index < -0.39 is 19.9 Å². The van der Waals surface area contributed by atoms with Gasteiger partial charge in [0.25, 0.3) is 0 Å². The molecule has 0 aromatic rings. The van der Waals surface area contributed by atoms with Crippen LogP contribution in [0.2, 0.25) is 18.1 Å². The molecule has 0 heterocycles. The molecule has 0 saturated heterocycles. The van der Waals surface area contributed by atoms with Crippen molar-refractivity contribution in [1.82, 2.24) is 0 Å². The van der Waals surface area contributed by atoms with Gasteiger partial charge in [0.15, 0.2) is 8.32 Å². The van der Waals surface area contributed by atoms with E-state index in [0.717, 1.165) is 6.42 Å². The molecular weight excluding hydrogens is 380 g/mol. The summed E-state index contributed by atoms with van der Waals surface area (Å²) in [7, 11) is -2.04. The predicted molar refractivity (Wildman–Crippen MR) is 125 cm³/mol. The van der Waals surface area contributed by atoms with Crippen molar-refractivity contribution in [2.24, 2.45) is 0 Å². The zero-order valence-corrected chi connectivity index (χ0v) is 21.3. The largest absolute Gasteiger partial charge is 0.460 e. The van der Waals surface area contributed by atoms with E-state index in [2.05, 4.69) is 46.9 Å². The zero-order chi connectivity index (χ0) is 22.7. The molecular formula is C24H44O4Si. The van der Waals surface area contributed by atoms with Crippen molar-refractivity contribution in [1.29, 1.82) is 0 Å². The molecule has 0 aliphatic carbocycles. The number of carbonyl (C=O) groups is 2. The lowest BCUT2D eigenvalue weighted by atomic mass is 10.1. The average molecular weight is 425 g/mol. The lowest BCUT2D eigenvalue weighted by molar-refractivity contribution is -0.156. The van der Waals surface area contributed by atoms with E-state index in [-0.39, 0.29) is 29.8 Å². The Morgan fingerprint density at radius 2 is 1.62 bits per heavy atom. The van der Waals surface area contributed by atoms with Crippen molar-refractivity contribution in [2.45, 2.75) is 117 Å². The van der Waals surface area contributed by atoms with Gasteiger partial charge in [0, 0.05) is 6.42 Å². The summed E-state index contributed by atoms with van der Waals surface area (Å²) >= 11 is 0. The van der Waals surface area contributed by atoms with Crippen LogP contribution in [0.4, 0.5) is 0 Å². The van der Waals surface area contributed by atoms with Gasteiger partial charge in [-0.1, -0.05) is 64.8 Å². The maximum absolute atomic E-state index is 12.5. The third kappa shape index (κ3) is 13.6. The van der Waals surface area contributed by atoms with Gasteiger partial charge >= 0.3 is 5.97 Å². The van der Waals surface area contributed by atoms with Gasteiger partial charge in [-0.3, -0.25) is 9.59 Å². The molecule has 0 saturated carbocycles. The summed E-state index contributed by atoms with van der Waals surface area (Å²) in [6.45, 7) is 18.5. The Hall–Kier alpha value is -1.20. The molecule has 0 N–H and O–H groups in total. The fraction of sp³-hybridized carbons (Fsp3) is 0.750. The molecule has 0 aliphatic heterocycles. The van der Waals surface area contributed by atoms with Gasteiger partial charge in [0.05, 0.1) is 6.10 Å². The van der Waals surface area contributed by atoms with Crippen LogP contribution in [0.3, 0.4) is 0 Å². The number of allylic oxidation sites excluding steroid dienone is 3. The number of rotatable bonds is 12. The van der Waals surface area contributed by atoms with Crippen molar-refractivity contribution in [2.75, 3.05) is 0 Å². The normalized spacial score (nSPS) is 14.5. The van der Waals surface area contributed by atoms with Crippen LogP contribution in [0.25, 0.3) is 0 Å². The van der Waals surface area contributed by atoms with Gasteiger partial charge in [0.2, 0.25) is 0 Å². The fourth-order valence-corrected chi connectivity index (χ4v) is 3.69. The summed E-state index contributed by atoms with van der Waals surface area (Å²) < 4.78 is 11.7. The van der Waals surface area contributed by atoms with Gasteiger partial charge in [0.1, 0.15) is 17.8 Å². The number of hydrogen-bond acceptors (Lipinski definition) is 4. The molecule has 1 atom stereocenters. The maximum atomic E-state index is 12.5. The summed E-state index contributed by atoms with van der Waals surface area (Å²) in [5.41, 5.74) is -0.586. The van der Waals surface area contributed by atoms with Crippen molar-refractivity contribution in [3.05, 3.63) is 24.3 Å². The number of esters is 1. The smallest absolute Gasteiger partial charge is 0.313 e. The van der Waals surface area contributed by atoms with Gasteiger partial charge in [-0.2, -0.15) is 0 Å². The Kier molecular flexibility index (Phi) is 12.0. The van der Waals surface area contributed by atoms with E-state index in [1.807, 2.05) is 18.2 Å². The predicted octanol–water partition coefficient (Wildman–Crippen LogP) is 6.76. The Labute approximate surface area is 180 Å². The molecule has 0 spiro atoms. The highest BCUT2D eigenvalue weighted by molar-refractivity contribution is 6.74. The van der Waals surface area contributed by atoms with Crippen LogP contribution in [0, 0.1) is 0 Å². The summed E-state index contributed by atoms with van der Waals surface area (Å²) in [5.74, 6) is -0.632. The lowest BCUT2D eigenvalue weighted by Crippen LogP contribution is -2.44. The molecule has 0 aliphatic rings. The number of unbranched alkanes of at least 4 members (excludes halogenated alkanes) is 3. The summed E-state index contributed by atoms with van der Waals surface area (Å²) in [4.78, 5) is 24.5. The third-order valence-corrected chi connectivity index (χ3v) is 9.49. The SMILES string of the molecule is CCCCC/C=C/C=C/C(CC(=O)CC(=O)OC(C)(C)C)O[Si](C)(C)C(C)(C)C. The monoisotopic (exact) mass is 424 g/mol. The maximum Gasteiger partial charge on any atom is 0.313 e. The second-order valence-corrected chi connectivity index (χ2v) is 15.0. The van der Waals surface area contributed by atoms with Gasteiger partial charge in [-0.05, 0) is 51.7 Å². The topological polar surface area (TPSA) is 52.6 Å². The quantitative estimate of drug-likeness (QED) is 0.114. The highest BCUT2D eigenvalue weighted by atomic mass is 28.4. The molecule has 0 radical (unpaired) electrons. The van der Waals surface area contributed by atoms with E-state index >= 15 is 0 Å². The first-order chi connectivity index (χ1) is 13.2. The molecule has 0 bridgehead atoms. The summed E-state index contributed by atoms with van der Waals surface area (Å²) in [5, 5.41) is 0.0449. The van der Waals surface area contributed by atoms with Gasteiger partial charge in [-0.15, -0.1) is 0 Å². The van der Waals surface area contributed by atoms with Crippen molar-refractivity contribution in [3.8, 4) is 0 Å². The van der Waals surface area contributed by atoms with Crippen molar-refractivity contribution >= 4 is 20.1 Å². The van der Waals surface area contributed by atoms with E-state index in [1.54, 1.807) is 20.8 Å². The average Bonchev–Trinajstić information content (AvgIpc) is 2.50. The van der Waals surface area contributed by atoms with E-state index in [1.165, 1.54) is 19.3 Å². The molecule has 168 valence electrons. The molecule has 1 unspecified atom stereocenters. The second kappa shape index (κ2) is 12.5.